The molecule has 3 rings (SSSR count). The van der Waals surface area contributed by atoms with Gasteiger partial charge in [0.05, 0.1) is 15.7 Å². The molecule has 0 spiro atoms. The molecule has 180 valence electrons. The van der Waals surface area contributed by atoms with E-state index < -0.39 is 0 Å². The highest BCUT2D eigenvalue weighted by Gasteiger charge is 2.17. The quantitative estimate of drug-likeness (QED) is 0.312. The Hall–Kier alpha value is -2.41. The number of aldehydes is 1. The van der Waals surface area contributed by atoms with E-state index in [9.17, 15) is 9.59 Å². The molecule has 1 unspecified atom stereocenters. The molecule has 0 saturated heterocycles. The van der Waals surface area contributed by atoms with Crippen LogP contribution in [0, 0.1) is 11.8 Å². The molecule has 0 saturated carbocycles. The van der Waals surface area contributed by atoms with Crippen LogP contribution >= 0.6 is 34.5 Å². The lowest BCUT2D eigenvalue weighted by molar-refractivity contribution is -0.110. The number of benzene rings is 2. The van der Waals surface area contributed by atoms with E-state index in [0.717, 1.165) is 39.5 Å². The van der Waals surface area contributed by atoms with Crippen LogP contribution in [0.1, 0.15) is 34.6 Å². The number of halogens is 2. The van der Waals surface area contributed by atoms with Crippen LogP contribution in [0.5, 0.6) is 0 Å². The second-order valence-corrected chi connectivity index (χ2v) is 10.8. The van der Waals surface area contributed by atoms with Gasteiger partial charge in [-0.1, -0.05) is 55.2 Å². The summed E-state index contributed by atoms with van der Waals surface area (Å²) in [6.45, 7) is 4.79. The molecule has 1 atom stereocenters. The summed E-state index contributed by atoms with van der Waals surface area (Å²) in [6.07, 6.45) is 2.38. The van der Waals surface area contributed by atoms with Crippen molar-refractivity contribution in [2.75, 3.05) is 26.0 Å². The summed E-state index contributed by atoms with van der Waals surface area (Å²) in [5.41, 5.74) is 3.37. The number of carbonyl (C=O) groups excluding carboxylic acids is 2. The highest BCUT2D eigenvalue weighted by Crippen LogP contribution is 2.35. The maximum Gasteiger partial charge on any atom is 0.253 e. The molecular weight excluding hydrogens is 489 g/mol. The van der Waals surface area contributed by atoms with E-state index in [0.29, 0.717) is 34.5 Å². The molecule has 0 aliphatic carbocycles. The maximum absolute atomic E-state index is 12.3. The summed E-state index contributed by atoms with van der Waals surface area (Å²) in [7, 11) is 3.45. The van der Waals surface area contributed by atoms with Crippen molar-refractivity contribution in [1.82, 2.24) is 9.88 Å². The summed E-state index contributed by atoms with van der Waals surface area (Å²) in [5.74, 6) is 0.156. The number of amides is 1. The van der Waals surface area contributed by atoms with Crippen LogP contribution in [0.15, 0.2) is 42.5 Å². The smallest absolute Gasteiger partial charge is 0.253 e. The Morgan fingerprint density at radius 3 is 2.53 bits per heavy atom. The van der Waals surface area contributed by atoms with E-state index in [1.54, 1.807) is 42.5 Å². The van der Waals surface area contributed by atoms with Gasteiger partial charge in [0.1, 0.15) is 6.29 Å². The molecule has 0 fully saturated rings. The van der Waals surface area contributed by atoms with Crippen LogP contribution in [-0.2, 0) is 17.6 Å². The van der Waals surface area contributed by atoms with Gasteiger partial charge in [-0.15, -0.1) is 11.3 Å². The fraction of sp³-hybridized carbons (Fsp3) is 0.346. The monoisotopic (exact) mass is 517 g/mol. The second kappa shape index (κ2) is 11.8. The summed E-state index contributed by atoms with van der Waals surface area (Å²) in [4.78, 5) is 31.6. The third kappa shape index (κ3) is 6.81. The Kier molecular flexibility index (Phi) is 9.11. The van der Waals surface area contributed by atoms with Crippen molar-refractivity contribution in [1.29, 1.82) is 0 Å². The first-order chi connectivity index (χ1) is 16.2. The van der Waals surface area contributed by atoms with Crippen molar-refractivity contribution in [3.8, 4) is 11.3 Å². The zero-order valence-electron chi connectivity index (χ0n) is 19.8. The first kappa shape index (κ1) is 26.2. The lowest BCUT2D eigenvalue weighted by Gasteiger charge is -2.13. The number of rotatable bonds is 10. The standard InChI is InChI=1S/C26H29Cl2N3O2S/c1-16(2)10-23-24(19-8-9-21(27)22(28)13-19)30-26(34-23)29-14-18(15-32)11-17-6-5-7-20(12-17)25(33)31(3)4/h5-9,12-13,15-16,18H,10-11,14H2,1-4H3,(H,29,30). The molecule has 3 aromatic rings. The number of aromatic nitrogens is 1. The highest BCUT2D eigenvalue weighted by atomic mass is 35.5. The summed E-state index contributed by atoms with van der Waals surface area (Å²) < 4.78 is 0. The van der Waals surface area contributed by atoms with Crippen LogP contribution < -0.4 is 5.32 Å². The zero-order valence-corrected chi connectivity index (χ0v) is 22.1. The normalized spacial score (nSPS) is 12.0. The number of hydrogen-bond acceptors (Lipinski definition) is 5. The van der Waals surface area contributed by atoms with Crippen molar-refractivity contribution in [3.05, 3.63) is 68.5 Å². The number of hydrogen-bond donors (Lipinski definition) is 1. The fourth-order valence-corrected chi connectivity index (χ4v) is 5.09. The number of carbonyl (C=O) groups is 2. The molecule has 8 heteroatoms. The molecule has 34 heavy (non-hydrogen) atoms. The summed E-state index contributed by atoms with van der Waals surface area (Å²) in [5, 5.41) is 5.11. The van der Waals surface area contributed by atoms with E-state index in [2.05, 4.69) is 19.2 Å². The minimum Gasteiger partial charge on any atom is -0.361 e. The molecule has 1 N–H and O–H groups in total. The van der Waals surface area contributed by atoms with Gasteiger partial charge in [0.15, 0.2) is 5.13 Å². The molecular formula is C26H29Cl2N3O2S. The number of nitrogens with zero attached hydrogens (tertiary/aromatic N) is 2. The maximum atomic E-state index is 12.3. The Labute approximate surface area is 215 Å². The average Bonchev–Trinajstić information content (AvgIpc) is 3.19. The first-order valence-electron chi connectivity index (χ1n) is 11.1. The van der Waals surface area contributed by atoms with Crippen LogP contribution in [-0.4, -0.2) is 42.7 Å². The summed E-state index contributed by atoms with van der Waals surface area (Å²) in [6, 6.07) is 13.0. The second-order valence-electron chi connectivity index (χ2n) is 8.90. The van der Waals surface area contributed by atoms with Gasteiger partial charge < -0.3 is 15.0 Å². The van der Waals surface area contributed by atoms with E-state index in [4.69, 9.17) is 28.2 Å². The van der Waals surface area contributed by atoms with Gasteiger partial charge in [-0.05, 0) is 48.6 Å². The van der Waals surface area contributed by atoms with Crippen molar-refractivity contribution in [2.24, 2.45) is 11.8 Å². The Morgan fingerprint density at radius 2 is 1.88 bits per heavy atom. The van der Waals surface area contributed by atoms with Gasteiger partial charge in [-0.2, -0.15) is 0 Å². The molecule has 0 aliphatic rings. The third-order valence-corrected chi connectivity index (χ3v) is 7.04. The lowest BCUT2D eigenvalue weighted by atomic mass is 9.99. The van der Waals surface area contributed by atoms with Gasteiger partial charge in [-0.25, -0.2) is 4.98 Å². The van der Waals surface area contributed by atoms with Crippen molar-refractivity contribution in [3.63, 3.8) is 0 Å². The van der Waals surface area contributed by atoms with Crippen molar-refractivity contribution >= 4 is 51.9 Å². The van der Waals surface area contributed by atoms with Crippen LogP contribution in [0.3, 0.4) is 0 Å². The van der Waals surface area contributed by atoms with E-state index in [1.807, 2.05) is 30.3 Å². The van der Waals surface area contributed by atoms with Crippen molar-refractivity contribution < 1.29 is 9.59 Å². The van der Waals surface area contributed by atoms with Gasteiger partial charge in [0, 0.05) is 42.6 Å². The fourth-order valence-electron chi connectivity index (χ4n) is 3.58. The van der Waals surface area contributed by atoms with E-state index in [1.165, 1.54) is 0 Å². The number of nitrogens with one attached hydrogen (secondary N) is 1. The molecule has 1 amide bonds. The largest absolute Gasteiger partial charge is 0.361 e. The lowest BCUT2D eigenvalue weighted by Crippen LogP contribution is -2.22. The molecule has 1 heterocycles. The molecule has 5 nitrogen and oxygen atoms in total. The predicted octanol–water partition coefficient (Wildman–Crippen LogP) is 6.49. The zero-order chi connectivity index (χ0) is 24.8. The van der Waals surface area contributed by atoms with Crippen LogP contribution in [0.2, 0.25) is 10.0 Å². The molecule has 2 aromatic carbocycles. The minimum absolute atomic E-state index is 0.0575. The topological polar surface area (TPSA) is 62.3 Å². The highest BCUT2D eigenvalue weighted by molar-refractivity contribution is 7.16. The Balaban J connectivity index is 1.75. The Morgan fingerprint density at radius 1 is 1.12 bits per heavy atom. The third-order valence-electron chi connectivity index (χ3n) is 5.27. The minimum atomic E-state index is -0.254. The van der Waals surface area contributed by atoms with Crippen LogP contribution in [0.25, 0.3) is 11.3 Å². The number of thiazole rings is 1. The molecule has 0 radical (unpaired) electrons. The first-order valence-corrected chi connectivity index (χ1v) is 12.7. The van der Waals surface area contributed by atoms with Crippen LogP contribution in [0.4, 0.5) is 5.13 Å². The van der Waals surface area contributed by atoms with E-state index in [-0.39, 0.29) is 11.8 Å². The molecule has 1 aromatic heterocycles. The van der Waals surface area contributed by atoms with Gasteiger partial charge in [0.25, 0.3) is 5.91 Å². The number of anilines is 1. The molecule has 0 aliphatic heterocycles. The van der Waals surface area contributed by atoms with Gasteiger partial charge in [0.2, 0.25) is 0 Å². The van der Waals surface area contributed by atoms with Crippen molar-refractivity contribution in [2.45, 2.75) is 26.7 Å². The Bertz CT molecular complexity index is 1160. The van der Waals surface area contributed by atoms with Gasteiger partial charge >= 0.3 is 0 Å². The average molecular weight is 519 g/mol. The SMILES string of the molecule is CC(C)Cc1sc(NCC(C=O)Cc2cccc(C(=O)N(C)C)c2)nc1-c1ccc(Cl)c(Cl)c1. The van der Waals surface area contributed by atoms with E-state index >= 15 is 0 Å². The predicted molar refractivity (Wildman–Crippen MR) is 142 cm³/mol. The molecule has 0 bridgehead atoms. The summed E-state index contributed by atoms with van der Waals surface area (Å²) >= 11 is 13.9. The van der Waals surface area contributed by atoms with Gasteiger partial charge in [-0.3, -0.25) is 4.79 Å².